The molecule has 1 saturated heterocycles. The number of piperidine rings is 1. The van der Waals surface area contributed by atoms with Crippen LogP contribution in [0.5, 0.6) is 0 Å². The smallest absolute Gasteiger partial charge is 0.229 e. The lowest BCUT2D eigenvalue weighted by molar-refractivity contribution is -0.527. The van der Waals surface area contributed by atoms with E-state index in [1.807, 2.05) is 12.1 Å². The van der Waals surface area contributed by atoms with E-state index in [2.05, 4.69) is 4.90 Å². The minimum atomic E-state index is -0.612. The number of hydrogen-bond donors (Lipinski definition) is 0. The van der Waals surface area contributed by atoms with Gasteiger partial charge in [-0.15, -0.1) is 0 Å². The lowest BCUT2D eigenvalue weighted by Crippen LogP contribution is -2.41. The van der Waals surface area contributed by atoms with Gasteiger partial charge in [0.25, 0.3) is 0 Å². The van der Waals surface area contributed by atoms with Crippen LogP contribution in [0.4, 0.5) is 0 Å². The summed E-state index contributed by atoms with van der Waals surface area (Å²) < 4.78 is 0. The normalized spacial score (nSPS) is 19.9. The summed E-state index contributed by atoms with van der Waals surface area (Å²) in [6.07, 6.45) is 3.46. The Hall–Kier alpha value is -1.13. The first-order valence-electron chi connectivity index (χ1n) is 6.72. The number of halogens is 1. The number of likely N-dealkylation sites (tertiary alicyclic amines) is 1. The van der Waals surface area contributed by atoms with Crippen molar-refractivity contribution in [3.05, 3.63) is 45.0 Å². The molecular weight excluding hydrogens is 264 g/mol. The standard InChI is InChI=1S/C14H19ClN2O2/c1-11(17(18)19)14(16-9-3-2-4-10-16)12-5-7-13(15)8-6-12/h5-8,11,14H,2-4,9-10H2,1H3/t11-,14?/m1/s1. The van der Waals surface area contributed by atoms with Gasteiger partial charge in [0, 0.05) is 16.9 Å². The van der Waals surface area contributed by atoms with Crippen molar-refractivity contribution in [3.8, 4) is 0 Å². The van der Waals surface area contributed by atoms with Gasteiger partial charge in [-0.25, -0.2) is 0 Å². The average Bonchev–Trinajstić information content (AvgIpc) is 2.42. The fourth-order valence-electron chi connectivity index (χ4n) is 2.77. The highest BCUT2D eigenvalue weighted by Gasteiger charge is 2.34. The largest absolute Gasteiger partial charge is 0.290 e. The molecule has 1 heterocycles. The lowest BCUT2D eigenvalue weighted by atomic mass is 9.96. The second kappa shape index (κ2) is 6.35. The summed E-state index contributed by atoms with van der Waals surface area (Å²) in [4.78, 5) is 13.2. The summed E-state index contributed by atoms with van der Waals surface area (Å²) in [6.45, 7) is 3.56. The van der Waals surface area contributed by atoms with E-state index in [1.54, 1.807) is 19.1 Å². The summed E-state index contributed by atoms with van der Waals surface area (Å²) in [7, 11) is 0. The summed E-state index contributed by atoms with van der Waals surface area (Å²) in [5.41, 5.74) is 0.982. The minimum absolute atomic E-state index is 0.160. The van der Waals surface area contributed by atoms with Crippen LogP contribution in [0.15, 0.2) is 24.3 Å². The van der Waals surface area contributed by atoms with E-state index < -0.39 is 6.04 Å². The number of rotatable bonds is 4. The Kier molecular flexibility index (Phi) is 4.77. The zero-order valence-corrected chi connectivity index (χ0v) is 11.8. The molecule has 0 amide bonds. The molecule has 0 aromatic heterocycles. The van der Waals surface area contributed by atoms with Gasteiger partial charge in [0.15, 0.2) is 0 Å². The van der Waals surface area contributed by atoms with Gasteiger partial charge in [-0.3, -0.25) is 15.0 Å². The zero-order valence-electron chi connectivity index (χ0n) is 11.1. The molecule has 0 saturated carbocycles. The molecular formula is C14H19ClN2O2. The molecule has 0 N–H and O–H groups in total. The molecule has 0 bridgehead atoms. The van der Waals surface area contributed by atoms with Crippen LogP contribution in [0.3, 0.4) is 0 Å². The summed E-state index contributed by atoms with van der Waals surface area (Å²) in [5, 5.41) is 11.8. The van der Waals surface area contributed by atoms with Gasteiger partial charge < -0.3 is 0 Å². The predicted octanol–water partition coefficient (Wildman–Crippen LogP) is 3.53. The second-order valence-corrected chi connectivity index (χ2v) is 5.56. The molecule has 5 heteroatoms. The van der Waals surface area contributed by atoms with Crippen LogP contribution >= 0.6 is 11.6 Å². The Bertz CT molecular complexity index is 430. The molecule has 1 aromatic rings. The minimum Gasteiger partial charge on any atom is -0.290 e. The predicted molar refractivity (Wildman–Crippen MR) is 76.1 cm³/mol. The van der Waals surface area contributed by atoms with E-state index in [0.29, 0.717) is 5.02 Å². The van der Waals surface area contributed by atoms with Crippen LogP contribution in [0.1, 0.15) is 37.8 Å². The third kappa shape index (κ3) is 3.45. The Morgan fingerprint density at radius 1 is 1.21 bits per heavy atom. The van der Waals surface area contributed by atoms with E-state index in [4.69, 9.17) is 11.6 Å². The van der Waals surface area contributed by atoms with Crippen LogP contribution in [-0.4, -0.2) is 29.0 Å². The Morgan fingerprint density at radius 3 is 2.32 bits per heavy atom. The number of nitrogens with zero attached hydrogens (tertiary/aromatic N) is 2. The molecule has 0 radical (unpaired) electrons. The highest BCUT2D eigenvalue weighted by molar-refractivity contribution is 6.30. The van der Waals surface area contributed by atoms with Crippen molar-refractivity contribution in [2.24, 2.45) is 0 Å². The molecule has 1 aliphatic rings. The third-order valence-electron chi connectivity index (χ3n) is 3.79. The Balaban J connectivity index is 2.27. The van der Waals surface area contributed by atoms with Crippen LogP contribution < -0.4 is 0 Å². The monoisotopic (exact) mass is 282 g/mol. The van der Waals surface area contributed by atoms with Crippen LogP contribution in [-0.2, 0) is 0 Å². The van der Waals surface area contributed by atoms with Gasteiger partial charge in [0.05, 0.1) is 0 Å². The van der Waals surface area contributed by atoms with Gasteiger partial charge in [0.2, 0.25) is 6.04 Å². The van der Waals surface area contributed by atoms with Crippen molar-refractivity contribution in [1.29, 1.82) is 0 Å². The Labute approximate surface area is 118 Å². The first kappa shape index (κ1) is 14.3. The van der Waals surface area contributed by atoms with Crippen molar-refractivity contribution >= 4 is 11.6 Å². The zero-order chi connectivity index (χ0) is 13.8. The molecule has 1 aromatic carbocycles. The van der Waals surface area contributed by atoms with Crippen LogP contribution in [0.25, 0.3) is 0 Å². The first-order chi connectivity index (χ1) is 9.09. The van der Waals surface area contributed by atoms with Crippen molar-refractivity contribution in [2.75, 3.05) is 13.1 Å². The van der Waals surface area contributed by atoms with Gasteiger partial charge in [0.1, 0.15) is 6.04 Å². The fraction of sp³-hybridized carbons (Fsp3) is 0.571. The molecule has 2 atom stereocenters. The van der Waals surface area contributed by atoms with E-state index >= 15 is 0 Å². The molecule has 4 nitrogen and oxygen atoms in total. The quantitative estimate of drug-likeness (QED) is 0.627. The topological polar surface area (TPSA) is 46.4 Å². The number of nitro groups is 1. The van der Waals surface area contributed by atoms with Crippen molar-refractivity contribution in [1.82, 2.24) is 4.90 Å². The Morgan fingerprint density at radius 2 is 1.79 bits per heavy atom. The number of hydrogen-bond acceptors (Lipinski definition) is 3. The van der Waals surface area contributed by atoms with E-state index in [1.165, 1.54) is 6.42 Å². The maximum atomic E-state index is 11.2. The molecule has 0 spiro atoms. The summed E-state index contributed by atoms with van der Waals surface area (Å²) in [5.74, 6) is 0. The summed E-state index contributed by atoms with van der Waals surface area (Å²) >= 11 is 5.90. The van der Waals surface area contributed by atoms with E-state index in [0.717, 1.165) is 31.5 Å². The molecule has 1 aliphatic heterocycles. The molecule has 1 fully saturated rings. The van der Waals surface area contributed by atoms with E-state index in [9.17, 15) is 10.1 Å². The summed E-state index contributed by atoms with van der Waals surface area (Å²) in [6, 6.07) is 6.65. The van der Waals surface area contributed by atoms with Gasteiger partial charge in [-0.1, -0.05) is 30.2 Å². The first-order valence-corrected chi connectivity index (χ1v) is 7.10. The maximum Gasteiger partial charge on any atom is 0.229 e. The molecule has 2 rings (SSSR count). The fourth-order valence-corrected chi connectivity index (χ4v) is 2.89. The third-order valence-corrected chi connectivity index (χ3v) is 4.04. The highest BCUT2D eigenvalue weighted by atomic mass is 35.5. The van der Waals surface area contributed by atoms with Gasteiger partial charge in [-0.2, -0.15) is 0 Å². The van der Waals surface area contributed by atoms with Crippen LogP contribution in [0, 0.1) is 10.1 Å². The molecule has 104 valence electrons. The van der Waals surface area contributed by atoms with Gasteiger partial charge in [-0.05, 0) is 43.6 Å². The highest BCUT2D eigenvalue weighted by Crippen LogP contribution is 2.29. The van der Waals surface area contributed by atoms with Crippen molar-refractivity contribution in [2.45, 2.75) is 38.3 Å². The lowest BCUT2D eigenvalue weighted by Gasteiger charge is -2.35. The van der Waals surface area contributed by atoms with Crippen molar-refractivity contribution in [3.63, 3.8) is 0 Å². The number of benzene rings is 1. The molecule has 0 aliphatic carbocycles. The van der Waals surface area contributed by atoms with Crippen LogP contribution in [0.2, 0.25) is 5.02 Å². The second-order valence-electron chi connectivity index (χ2n) is 5.12. The van der Waals surface area contributed by atoms with Crippen molar-refractivity contribution < 1.29 is 4.92 Å². The maximum absolute atomic E-state index is 11.2. The SMILES string of the molecule is C[C@H](C(c1ccc(Cl)cc1)N1CCCCC1)[N+](=O)[O-]. The van der Waals surface area contributed by atoms with Gasteiger partial charge >= 0.3 is 0 Å². The van der Waals surface area contributed by atoms with E-state index in [-0.39, 0.29) is 11.0 Å². The average molecular weight is 283 g/mol. The molecule has 1 unspecified atom stereocenters. The molecule has 19 heavy (non-hydrogen) atoms.